The van der Waals surface area contributed by atoms with E-state index in [1.54, 1.807) is 30.3 Å². The lowest BCUT2D eigenvalue weighted by molar-refractivity contribution is -0.141. The van der Waals surface area contributed by atoms with Gasteiger partial charge in [0.15, 0.2) is 0 Å². The Morgan fingerprint density at radius 3 is 2.24 bits per heavy atom. The molecule has 0 saturated carbocycles. The smallest absolute Gasteiger partial charge is 0.325 e. The number of esters is 1. The number of amides is 1. The SMILES string of the molecule is O=C(CNC(=O)c1ccc(-c2ccccc2)cc1)OCCSc1ccccc1F. The molecule has 4 nitrogen and oxygen atoms in total. The fraction of sp³-hybridized carbons (Fsp3) is 0.130. The van der Waals surface area contributed by atoms with Crippen LogP contribution in [0.15, 0.2) is 83.8 Å². The first-order valence-electron chi connectivity index (χ1n) is 9.10. The number of hydrogen-bond donors (Lipinski definition) is 1. The average molecular weight is 409 g/mol. The molecule has 3 aromatic carbocycles. The van der Waals surface area contributed by atoms with E-state index < -0.39 is 5.97 Å². The van der Waals surface area contributed by atoms with Crippen molar-refractivity contribution >= 4 is 23.6 Å². The van der Waals surface area contributed by atoms with Gasteiger partial charge in [-0.25, -0.2) is 4.39 Å². The maximum atomic E-state index is 13.5. The van der Waals surface area contributed by atoms with Gasteiger partial charge < -0.3 is 10.1 Å². The van der Waals surface area contributed by atoms with Crippen LogP contribution >= 0.6 is 11.8 Å². The van der Waals surface area contributed by atoms with Crippen LogP contribution in [0.1, 0.15) is 10.4 Å². The van der Waals surface area contributed by atoms with Gasteiger partial charge in [-0.2, -0.15) is 0 Å². The Morgan fingerprint density at radius 1 is 0.862 bits per heavy atom. The van der Waals surface area contributed by atoms with Gasteiger partial charge in [0, 0.05) is 16.2 Å². The van der Waals surface area contributed by atoms with Crippen molar-refractivity contribution in [3.05, 3.63) is 90.2 Å². The van der Waals surface area contributed by atoms with Crippen molar-refractivity contribution < 1.29 is 18.7 Å². The van der Waals surface area contributed by atoms with Crippen LogP contribution in [0.3, 0.4) is 0 Å². The molecule has 0 aromatic heterocycles. The molecule has 0 heterocycles. The minimum Gasteiger partial charge on any atom is -0.463 e. The molecule has 0 bridgehead atoms. The fourth-order valence-corrected chi connectivity index (χ4v) is 3.39. The zero-order valence-corrected chi connectivity index (χ0v) is 16.5. The third-order valence-electron chi connectivity index (χ3n) is 4.09. The van der Waals surface area contributed by atoms with Gasteiger partial charge in [0.2, 0.25) is 0 Å². The molecule has 0 spiro atoms. The van der Waals surface area contributed by atoms with Gasteiger partial charge in [0.05, 0.1) is 0 Å². The highest BCUT2D eigenvalue weighted by Crippen LogP contribution is 2.21. The van der Waals surface area contributed by atoms with E-state index in [-0.39, 0.29) is 24.9 Å². The number of ether oxygens (including phenoxy) is 1. The summed E-state index contributed by atoms with van der Waals surface area (Å²) in [6, 6.07) is 23.4. The summed E-state index contributed by atoms with van der Waals surface area (Å²) in [5.41, 5.74) is 2.54. The number of thioether (sulfide) groups is 1. The highest BCUT2D eigenvalue weighted by atomic mass is 32.2. The zero-order chi connectivity index (χ0) is 20.5. The van der Waals surface area contributed by atoms with Gasteiger partial charge in [-0.05, 0) is 35.4 Å². The van der Waals surface area contributed by atoms with Crippen LogP contribution in [0, 0.1) is 5.82 Å². The van der Waals surface area contributed by atoms with Gasteiger partial charge in [0.1, 0.15) is 19.0 Å². The molecular formula is C23H20FNO3S. The van der Waals surface area contributed by atoms with E-state index in [2.05, 4.69) is 5.32 Å². The molecule has 0 saturated heterocycles. The minimum absolute atomic E-state index is 0.138. The molecule has 0 atom stereocenters. The van der Waals surface area contributed by atoms with Crippen LogP contribution < -0.4 is 5.32 Å². The van der Waals surface area contributed by atoms with E-state index in [0.717, 1.165) is 11.1 Å². The Morgan fingerprint density at radius 2 is 1.52 bits per heavy atom. The third-order valence-corrected chi connectivity index (χ3v) is 5.10. The molecule has 0 fully saturated rings. The molecule has 0 radical (unpaired) electrons. The second-order valence-electron chi connectivity index (χ2n) is 6.13. The van der Waals surface area contributed by atoms with Crippen molar-refractivity contribution in [3.8, 4) is 11.1 Å². The van der Waals surface area contributed by atoms with E-state index in [4.69, 9.17) is 4.74 Å². The van der Waals surface area contributed by atoms with Crippen LogP contribution in [-0.2, 0) is 9.53 Å². The van der Waals surface area contributed by atoms with Crippen molar-refractivity contribution in [2.75, 3.05) is 18.9 Å². The second-order valence-corrected chi connectivity index (χ2v) is 7.26. The summed E-state index contributed by atoms with van der Waals surface area (Å²) >= 11 is 1.27. The number of hydrogen-bond acceptors (Lipinski definition) is 4. The number of halogens is 1. The van der Waals surface area contributed by atoms with Crippen LogP contribution in [0.2, 0.25) is 0 Å². The summed E-state index contributed by atoms with van der Waals surface area (Å²) < 4.78 is 18.6. The largest absolute Gasteiger partial charge is 0.463 e. The second kappa shape index (κ2) is 10.4. The van der Waals surface area contributed by atoms with Crippen molar-refractivity contribution in [2.45, 2.75) is 4.90 Å². The van der Waals surface area contributed by atoms with Crippen LogP contribution in [0.25, 0.3) is 11.1 Å². The number of rotatable bonds is 8. The van der Waals surface area contributed by atoms with Gasteiger partial charge in [-0.15, -0.1) is 11.8 Å². The van der Waals surface area contributed by atoms with Crippen molar-refractivity contribution in [2.24, 2.45) is 0 Å². The summed E-state index contributed by atoms with van der Waals surface area (Å²) in [4.78, 5) is 24.5. The van der Waals surface area contributed by atoms with E-state index >= 15 is 0 Å². The lowest BCUT2D eigenvalue weighted by atomic mass is 10.0. The van der Waals surface area contributed by atoms with Crippen molar-refractivity contribution in [1.29, 1.82) is 0 Å². The molecule has 6 heteroatoms. The van der Waals surface area contributed by atoms with Crippen LogP contribution in [0.4, 0.5) is 4.39 Å². The molecule has 29 heavy (non-hydrogen) atoms. The Balaban J connectivity index is 1.39. The van der Waals surface area contributed by atoms with E-state index in [9.17, 15) is 14.0 Å². The summed E-state index contributed by atoms with van der Waals surface area (Å²) in [6.45, 7) is -0.0802. The van der Waals surface area contributed by atoms with Crippen molar-refractivity contribution in [3.63, 3.8) is 0 Å². The van der Waals surface area contributed by atoms with Gasteiger partial charge in [-0.1, -0.05) is 54.6 Å². The van der Waals surface area contributed by atoms with Gasteiger partial charge in [-0.3, -0.25) is 9.59 Å². The molecule has 1 amide bonds. The summed E-state index contributed by atoms with van der Waals surface area (Å²) in [7, 11) is 0. The predicted octanol–water partition coefficient (Wildman–Crippen LogP) is 4.56. The Bertz CT molecular complexity index is 961. The molecule has 3 rings (SSSR count). The quantitative estimate of drug-likeness (QED) is 0.337. The highest BCUT2D eigenvalue weighted by Gasteiger charge is 2.09. The molecule has 1 N–H and O–H groups in total. The monoisotopic (exact) mass is 409 g/mol. The molecule has 0 aliphatic carbocycles. The molecule has 148 valence electrons. The van der Waals surface area contributed by atoms with E-state index in [0.29, 0.717) is 16.2 Å². The van der Waals surface area contributed by atoms with E-state index in [1.165, 1.54) is 17.8 Å². The predicted molar refractivity (Wildman–Crippen MR) is 112 cm³/mol. The molecule has 0 unspecified atom stereocenters. The van der Waals surface area contributed by atoms with Gasteiger partial charge >= 0.3 is 5.97 Å². The lowest BCUT2D eigenvalue weighted by Gasteiger charge is -2.08. The Labute approximate surface area is 173 Å². The van der Waals surface area contributed by atoms with Gasteiger partial charge in [0.25, 0.3) is 5.91 Å². The average Bonchev–Trinajstić information content (AvgIpc) is 2.77. The first-order valence-corrected chi connectivity index (χ1v) is 10.1. The Hall–Kier alpha value is -3.12. The normalized spacial score (nSPS) is 10.4. The number of carbonyl (C=O) groups excluding carboxylic acids is 2. The maximum absolute atomic E-state index is 13.5. The zero-order valence-electron chi connectivity index (χ0n) is 15.6. The van der Waals surface area contributed by atoms with E-state index in [1.807, 2.05) is 42.5 Å². The molecule has 3 aromatic rings. The summed E-state index contributed by atoms with van der Waals surface area (Å²) in [5, 5.41) is 2.55. The summed E-state index contributed by atoms with van der Waals surface area (Å²) in [5.74, 6) is -0.744. The topological polar surface area (TPSA) is 55.4 Å². The Kier molecular flexibility index (Phi) is 7.41. The lowest BCUT2D eigenvalue weighted by Crippen LogP contribution is -2.30. The number of nitrogens with one attached hydrogen (secondary N) is 1. The van der Waals surface area contributed by atoms with Crippen LogP contribution in [0.5, 0.6) is 0 Å². The van der Waals surface area contributed by atoms with Crippen molar-refractivity contribution in [1.82, 2.24) is 5.32 Å². The number of carbonyl (C=O) groups is 2. The first kappa shape index (κ1) is 20.6. The molecule has 0 aliphatic rings. The highest BCUT2D eigenvalue weighted by molar-refractivity contribution is 7.99. The maximum Gasteiger partial charge on any atom is 0.325 e. The number of benzene rings is 3. The van der Waals surface area contributed by atoms with Crippen LogP contribution in [-0.4, -0.2) is 30.8 Å². The first-order chi connectivity index (χ1) is 14.1. The fourth-order valence-electron chi connectivity index (χ4n) is 2.62. The molecule has 0 aliphatic heterocycles. The minimum atomic E-state index is -0.534. The third kappa shape index (κ3) is 6.19. The standard InChI is InChI=1S/C23H20FNO3S/c24-20-8-4-5-9-21(20)29-15-14-28-22(26)16-25-23(27)19-12-10-18(11-13-19)17-6-2-1-3-7-17/h1-13H,14-16H2,(H,25,27). The summed E-state index contributed by atoms with van der Waals surface area (Å²) in [6.07, 6.45) is 0. The molecular weight excluding hydrogens is 389 g/mol.